The second kappa shape index (κ2) is 5.22. The number of nitrogens with zero attached hydrogens (tertiary/aromatic N) is 3. The van der Waals surface area contributed by atoms with Gasteiger partial charge in [-0.2, -0.15) is 0 Å². The third-order valence-corrected chi connectivity index (χ3v) is 3.28. The number of benzene rings is 1. The zero-order valence-corrected chi connectivity index (χ0v) is 11.9. The molecule has 1 N–H and O–H groups in total. The Morgan fingerprint density at radius 1 is 1.16 bits per heavy atom. The Bertz CT molecular complexity index is 611. The van der Waals surface area contributed by atoms with E-state index in [2.05, 4.69) is 33.5 Å². The predicted molar refractivity (Wildman–Crippen MR) is 75.6 cm³/mol. The van der Waals surface area contributed by atoms with Crippen molar-refractivity contribution in [2.24, 2.45) is 0 Å². The number of rotatable bonds is 3. The van der Waals surface area contributed by atoms with Crippen LogP contribution in [-0.4, -0.2) is 29.3 Å². The van der Waals surface area contributed by atoms with Crippen molar-refractivity contribution in [1.82, 2.24) is 15.2 Å². The average Bonchev–Trinajstić information content (AvgIpc) is 2.42. The molecule has 19 heavy (non-hydrogen) atoms. The molecule has 5 heteroatoms. The highest BCUT2D eigenvalue weighted by molar-refractivity contribution is 5.80. The summed E-state index contributed by atoms with van der Waals surface area (Å²) in [6, 6.07) is 2.13. The highest BCUT2D eigenvalue weighted by Gasteiger charge is 2.18. The Kier molecular flexibility index (Phi) is 3.64. The van der Waals surface area contributed by atoms with E-state index in [9.17, 15) is 0 Å². The van der Waals surface area contributed by atoms with Gasteiger partial charge in [0.25, 0.3) is 0 Å². The number of nitrogens with one attached hydrogen (secondary N) is 1. The van der Waals surface area contributed by atoms with Gasteiger partial charge in [-0.15, -0.1) is 10.2 Å². The molecule has 1 heterocycles. The quantitative estimate of drug-likeness (QED) is 0.916. The summed E-state index contributed by atoms with van der Waals surface area (Å²) in [5.41, 5.74) is 5.05. The minimum atomic E-state index is 0.694. The fourth-order valence-corrected chi connectivity index (χ4v) is 2.23. The van der Waals surface area contributed by atoms with Crippen molar-refractivity contribution in [2.75, 3.05) is 19.5 Å². The summed E-state index contributed by atoms with van der Waals surface area (Å²) >= 11 is 0. The van der Waals surface area contributed by atoms with Gasteiger partial charge in [0.15, 0.2) is 5.82 Å². The Hall–Kier alpha value is -2.17. The van der Waals surface area contributed by atoms with E-state index in [-0.39, 0.29) is 0 Å². The highest BCUT2D eigenvalue weighted by Crippen LogP contribution is 2.38. The standard InChI is InChI=1S/C14H18N4O/c1-8-6-9(2)11(13(19-5)10(8)3)12-14(15-4)16-7-17-18-12/h6-7H,1-5H3,(H,15,16,17). The highest BCUT2D eigenvalue weighted by atomic mass is 16.5. The van der Waals surface area contributed by atoms with Crippen molar-refractivity contribution in [3.63, 3.8) is 0 Å². The lowest BCUT2D eigenvalue weighted by Crippen LogP contribution is -2.03. The lowest BCUT2D eigenvalue weighted by molar-refractivity contribution is 0.412. The number of aromatic nitrogens is 3. The van der Waals surface area contributed by atoms with Gasteiger partial charge in [-0.3, -0.25) is 0 Å². The van der Waals surface area contributed by atoms with Crippen LogP contribution in [0.2, 0.25) is 0 Å². The van der Waals surface area contributed by atoms with Crippen molar-refractivity contribution in [3.8, 4) is 17.0 Å². The maximum absolute atomic E-state index is 5.57. The average molecular weight is 258 g/mol. The molecule has 0 aliphatic carbocycles. The summed E-state index contributed by atoms with van der Waals surface area (Å²) in [6.45, 7) is 6.15. The van der Waals surface area contributed by atoms with Gasteiger partial charge >= 0.3 is 0 Å². The van der Waals surface area contributed by atoms with E-state index in [0.29, 0.717) is 11.5 Å². The zero-order chi connectivity index (χ0) is 14.0. The third-order valence-electron chi connectivity index (χ3n) is 3.28. The molecule has 1 aromatic heterocycles. The molecule has 5 nitrogen and oxygen atoms in total. The topological polar surface area (TPSA) is 59.9 Å². The number of methoxy groups -OCH3 is 1. The summed E-state index contributed by atoms with van der Waals surface area (Å²) in [6.07, 6.45) is 1.43. The van der Waals surface area contributed by atoms with E-state index >= 15 is 0 Å². The fraction of sp³-hybridized carbons (Fsp3) is 0.357. The molecule has 2 aromatic rings. The number of ether oxygens (including phenoxy) is 1. The molecule has 0 atom stereocenters. The first-order chi connectivity index (χ1) is 9.10. The summed E-state index contributed by atoms with van der Waals surface area (Å²) < 4.78 is 5.57. The molecular formula is C14H18N4O. The molecule has 0 aliphatic heterocycles. The summed E-state index contributed by atoms with van der Waals surface area (Å²) in [4.78, 5) is 4.20. The molecule has 0 saturated carbocycles. The van der Waals surface area contributed by atoms with Gasteiger partial charge in [0.1, 0.15) is 17.8 Å². The van der Waals surface area contributed by atoms with E-state index in [4.69, 9.17) is 4.74 Å². The molecule has 0 bridgehead atoms. The van der Waals surface area contributed by atoms with Crippen LogP contribution in [0.4, 0.5) is 5.82 Å². The summed E-state index contributed by atoms with van der Waals surface area (Å²) in [5, 5.41) is 11.1. The number of aryl methyl sites for hydroxylation is 2. The largest absolute Gasteiger partial charge is 0.496 e. The molecule has 0 saturated heterocycles. The normalized spacial score (nSPS) is 10.4. The lowest BCUT2D eigenvalue weighted by atomic mass is 9.97. The molecule has 0 amide bonds. The van der Waals surface area contributed by atoms with Crippen LogP contribution >= 0.6 is 0 Å². The van der Waals surface area contributed by atoms with Gasteiger partial charge in [0, 0.05) is 7.05 Å². The number of hydrogen-bond acceptors (Lipinski definition) is 5. The van der Waals surface area contributed by atoms with Gasteiger partial charge in [0.2, 0.25) is 0 Å². The first-order valence-corrected chi connectivity index (χ1v) is 6.10. The Morgan fingerprint density at radius 2 is 1.89 bits per heavy atom. The Labute approximate surface area is 113 Å². The summed E-state index contributed by atoms with van der Waals surface area (Å²) in [5.74, 6) is 1.52. The van der Waals surface area contributed by atoms with Crippen LogP contribution in [0.15, 0.2) is 12.4 Å². The molecule has 0 unspecified atom stereocenters. The van der Waals surface area contributed by atoms with Crippen molar-refractivity contribution in [3.05, 3.63) is 29.1 Å². The van der Waals surface area contributed by atoms with E-state index in [1.54, 1.807) is 7.11 Å². The first kappa shape index (κ1) is 13.3. The van der Waals surface area contributed by atoms with Gasteiger partial charge in [-0.25, -0.2) is 4.98 Å². The van der Waals surface area contributed by atoms with Crippen LogP contribution in [-0.2, 0) is 0 Å². The van der Waals surface area contributed by atoms with E-state index in [0.717, 1.165) is 22.4 Å². The van der Waals surface area contributed by atoms with Gasteiger partial charge < -0.3 is 10.1 Å². The van der Waals surface area contributed by atoms with Crippen molar-refractivity contribution >= 4 is 5.82 Å². The molecule has 0 spiro atoms. The molecule has 100 valence electrons. The molecule has 1 aromatic carbocycles. The van der Waals surface area contributed by atoms with Crippen LogP contribution in [0.1, 0.15) is 16.7 Å². The van der Waals surface area contributed by atoms with Gasteiger partial charge in [-0.05, 0) is 37.5 Å². The zero-order valence-electron chi connectivity index (χ0n) is 11.9. The van der Waals surface area contributed by atoms with Crippen LogP contribution in [0.5, 0.6) is 5.75 Å². The SMILES string of the molecule is CNc1ncnnc1-c1c(C)cc(C)c(C)c1OC. The smallest absolute Gasteiger partial charge is 0.156 e. The van der Waals surface area contributed by atoms with Crippen LogP contribution in [0.3, 0.4) is 0 Å². The minimum absolute atomic E-state index is 0.694. The first-order valence-electron chi connectivity index (χ1n) is 6.10. The Balaban J connectivity index is 2.78. The van der Waals surface area contributed by atoms with Crippen molar-refractivity contribution < 1.29 is 4.74 Å². The number of anilines is 1. The maximum atomic E-state index is 5.57. The second-order valence-corrected chi connectivity index (χ2v) is 4.45. The van der Waals surface area contributed by atoms with Crippen LogP contribution < -0.4 is 10.1 Å². The third kappa shape index (κ3) is 2.23. The number of hydrogen-bond donors (Lipinski definition) is 1. The fourth-order valence-electron chi connectivity index (χ4n) is 2.23. The molecule has 0 radical (unpaired) electrons. The minimum Gasteiger partial charge on any atom is -0.496 e. The van der Waals surface area contributed by atoms with E-state index in [1.807, 2.05) is 20.9 Å². The molecule has 0 aliphatic rings. The maximum Gasteiger partial charge on any atom is 0.156 e. The van der Waals surface area contributed by atoms with Crippen molar-refractivity contribution in [2.45, 2.75) is 20.8 Å². The van der Waals surface area contributed by atoms with Crippen LogP contribution in [0.25, 0.3) is 11.3 Å². The van der Waals surface area contributed by atoms with Crippen molar-refractivity contribution in [1.29, 1.82) is 0 Å². The van der Waals surface area contributed by atoms with Gasteiger partial charge in [0.05, 0.1) is 12.7 Å². The van der Waals surface area contributed by atoms with Gasteiger partial charge in [-0.1, -0.05) is 6.07 Å². The van der Waals surface area contributed by atoms with Crippen LogP contribution in [0, 0.1) is 20.8 Å². The molecule has 0 fully saturated rings. The lowest BCUT2D eigenvalue weighted by Gasteiger charge is -2.17. The predicted octanol–water partition coefficient (Wildman–Crippen LogP) is 2.51. The molecular weight excluding hydrogens is 240 g/mol. The van der Waals surface area contributed by atoms with E-state index < -0.39 is 0 Å². The monoisotopic (exact) mass is 258 g/mol. The van der Waals surface area contributed by atoms with E-state index in [1.165, 1.54) is 11.9 Å². The summed E-state index contributed by atoms with van der Waals surface area (Å²) in [7, 11) is 3.49. The Morgan fingerprint density at radius 3 is 2.53 bits per heavy atom. The molecule has 2 rings (SSSR count). The second-order valence-electron chi connectivity index (χ2n) is 4.45.